The zero-order chi connectivity index (χ0) is 22.0. The standard InChI is InChI=1S/C20H14F2N2O6/c21-11-2-1-3-12(16(11)22)30-8-9-4-6-10(7-5-9)13-14(19(26)27)17(23)24-18(25)15(13)20(28)29/h1-7H,8H2,(H,26,27)(H,28,29)(H3,23,24,25). The number of anilines is 1. The van der Waals surface area contributed by atoms with Gasteiger partial charge in [0.05, 0.1) is 0 Å². The Morgan fingerprint density at radius 2 is 1.63 bits per heavy atom. The molecule has 0 amide bonds. The second-order valence-corrected chi connectivity index (χ2v) is 6.14. The van der Waals surface area contributed by atoms with Gasteiger partial charge in [-0.05, 0) is 23.3 Å². The van der Waals surface area contributed by atoms with E-state index in [4.69, 9.17) is 10.5 Å². The number of aromatic amines is 1. The maximum Gasteiger partial charge on any atom is 0.342 e. The van der Waals surface area contributed by atoms with Crippen molar-refractivity contribution < 1.29 is 33.3 Å². The van der Waals surface area contributed by atoms with Crippen LogP contribution < -0.4 is 16.0 Å². The molecule has 0 saturated carbocycles. The van der Waals surface area contributed by atoms with E-state index in [0.717, 1.165) is 6.07 Å². The molecule has 0 aliphatic heterocycles. The number of hydrogen-bond acceptors (Lipinski definition) is 5. The zero-order valence-corrected chi connectivity index (χ0v) is 15.1. The molecule has 1 aromatic heterocycles. The fourth-order valence-electron chi connectivity index (χ4n) is 2.86. The molecular weight excluding hydrogens is 402 g/mol. The minimum Gasteiger partial charge on any atom is -0.486 e. The fourth-order valence-corrected chi connectivity index (χ4v) is 2.86. The van der Waals surface area contributed by atoms with Crippen LogP contribution in [-0.4, -0.2) is 27.1 Å². The van der Waals surface area contributed by atoms with Crippen molar-refractivity contribution in [1.82, 2.24) is 4.98 Å². The summed E-state index contributed by atoms with van der Waals surface area (Å²) in [4.78, 5) is 37.2. The van der Waals surface area contributed by atoms with E-state index < -0.39 is 46.1 Å². The van der Waals surface area contributed by atoms with Crippen LogP contribution in [-0.2, 0) is 6.61 Å². The highest BCUT2D eigenvalue weighted by Crippen LogP contribution is 2.29. The average Bonchev–Trinajstić information content (AvgIpc) is 2.68. The molecule has 1 heterocycles. The van der Waals surface area contributed by atoms with Gasteiger partial charge in [0.2, 0.25) is 5.82 Å². The number of nitrogen functional groups attached to an aromatic ring is 1. The number of halogens is 2. The molecule has 10 heteroatoms. The molecule has 0 spiro atoms. The molecule has 3 rings (SSSR count). The number of ether oxygens (including phenoxy) is 1. The van der Waals surface area contributed by atoms with Crippen molar-refractivity contribution in [2.45, 2.75) is 6.61 Å². The van der Waals surface area contributed by atoms with E-state index in [-0.39, 0.29) is 23.5 Å². The molecule has 0 saturated heterocycles. The van der Waals surface area contributed by atoms with Crippen LogP contribution in [0, 0.1) is 11.6 Å². The number of carboxylic acids is 2. The number of aromatic nitrogens is 1. The third kappa shape index (κ3) is 3.83. The molecule has 3 aromatic rings. The van der Waals surface area contributed by atoms with Gasteiger partial charge in [-0.3, -0.25) is 4.79 Å². The molecule has 154 valence electrons. The Morgan fingerprint density at radius 3 is 2.23 bits per heavy atom. The first kappa shape index (κ1) is 20.5. The molecule has 0 fully saturated rings. The van der Waals surface area contributed by atoms with Crippen molar-refractivity contribution >= 4 is 17.8 Å². The van der Waals surface area contributed by atoms with Gasteiger partial charge in [0.25, 0.3) is 5.56 Å². The number of benzene rings is 2. The Balaban J connectivity index is 1.98. The van der Waals surface area contributed by atoms with E-state index in [1.807, 2.05) is 4.98 Å². The third-order valence-electron chi connectivity index (χ3n) is 4.23. The number of carboxylic acid groups (broad SMARTS) is 2. The first-order valence-corrected chi connectivity index (χ1v) is 8.39. The molecule has 0 aliphatic rings. The lowest BCUT2D eigenvalue weighted by Crippen LogP contribution is -2.24. The third-order valence-corrected chi connectivity index (χ3v) is 4.23. The second kappa shape index (κ2) is 8.03. The minimum absolute atomic E-state index is 0.114. The van der Waals surface area contributed by atoms with Gasteiger partial charge in [-0.2, -0.15) is 4.39 Å². The van der Waals surface area contributed by atoms with Gasteiger partial charge >= 0.3 is 11.9 Å². The second-order valence-electron chi connectivity index (χ2n) is 6.14. The number of pyridine rings is 1. The van der Waals surface area contributed by atoms with Crippen LogP contribution in [0.1, 0.15) is 26.3 Å². The SMILES string of the molecule is Nc1[nH]c(=O)c(C(=O)O)c(-c2ccc(COc3cccc(F)c3F)cc2)c1C(=O)O. The number of nitrogens with one attached hydrogen (secondary N) is 1. The number of nitrogens with two attached hydrogens (primary N) is 1. The lowest BCUT2D eigenvalue weighted by atomic mass is 9.95. The van der Waals surface area contributed by atoms with E-state index in [1.54, 1.807) is 0 Å². The van der Waals surface area contributed by atoms with Gasteiger partial charge in [-0.15, -0.1) is 0 Å². The number of carbonyl (C=O) groups is 2. The van der Waals surface area contributed by atoms with Crippen molar-refractivity contribution in [1.29, 1.82) is 0 Å². The number of aromatic carboxylic acids is 2. The Morgan fingerprint density at radius 1 is 1.00 bits per heavy atom. The van der Waals surface area contributed by atoms with Gasteiger partial charge in [0.15, 0.2) is 11.6 Å². The Bertz CT molecular complexity index is 1210. The molecule has 0 atom stereocenters. The van der Waals surface area contributed by atoms with Crippen LogP contribution in [0.25, 0.3) is 11.1 Å². The summed E-state index contributed by atoms with van der Waals surface area (Å²) in [6, 6.07) is 9.15. The van der Waals surface area contributed by atoms with Gasteiger partial charge in [-0.25, -0.2) is 14.0 Å². The average molecular weight is 416 g/mol. The smallest absolute Gasteiger partial charge is 0.342 e. The first-order valence-electron chi connectivity index (χ1n) is 8.39. The Hall–Kier alpha value is -4.21. The lowest BCUT2D eigenvalue weighted by molar-refractivity contribution is 0.0695. The van der Waals surface area contributed by atoms with Gasteiger partial charge in [0, 0.05) is 5.56 Å². The van der Waals surface area contributed by atoms with E-state index in [1.165, 1.54) is 36.4 Å². The van der Waals surface area contributed by atoms with Crippen molar-refractivity contribution in [3.8, 4) is 16.9 Å². The Kier molecular flexibility index (Phi) is 5.50. The molecular formula is C20H14F2N2O6. The summed E-state index contributed by atoms with van der Waals surface area (Å²) >= 11 is 0. The van der Waals surface area contributed by atoms with Crippen LogP contribution in [0.5, 0.6) is 5.75 Å². The largest absolute Gasteiger partial charge is 0.486 e. The summed E-state index contributed by atoms with van der Waals surface area (Å²) in [6.07, 6.45) is 0. The fraction of sp³-hybridized carbons (Fsp3) is 0.0500. The predicted octanol–water partition coefficient (Wildman–Crippen LogP) is 2.88. The molecule has 8 nitrogen and oxygen atoms in total. The molecule has 0 aliphatic carbocycles. The van der Waals surface area contributed by atoms with Crippen LogP contribution in [0.3, 0.4) is 0 Å². The first-order chi connectivity index (χ1) is 14.2. The summed E-state index contributed by atoms with van der Waals surface area (Å²) < 4.78 is 32.1. The van der Waals surface area contributed by atoms with Crippen LogP contribution in [0.4, 0.5) is 14.6 Å². The number of hydrogen-bond donors (Lipinski definition) is 4. The highest BCUT2D eigenvalue weighted by Gasteiger charge is 2.26. The van der Waals surface area contributed by atoms with E-state index in [2.05, 4.69) is 0 Å². The normalized spacial score (nSPS) is 10.6. The summed E-state index contributed by atoms with van der Waals surface area (Å²) in [7, 11) is 0. The quantitative estimate of drug-likeness (QED) is 0.484. The maximum absolute atomic E-state index is 13.7. The summed E-state index contributed by atoms with van der Waals surface area (Å²) in [5.41, 5.74) is 3.47. The lowest BCUT2D eigenvalue weighted by Gasteiger charge is -2.13. The van der Waals surface area contributed by atoms with Crippen molar-refractivity contribution in [3.05, 3.63) is 81.1 Å². The summed E-state index contributed by atoms with van der Waals surface area (Å²) in [5, 5.41) is 18.8. The molecule has 5 N–H and O–H groups in total. The van der Waals surface area contributed by atoms with Gasteiger partial charge in [0.1, 0.15) is 23.6 Å². The van der Waals surface area contributed by atoms with E-state index in [0.29, 0.717) is 5.56 Å². The van der Waals surface area contributed by atoms with Crippen molar-refractivity contribution in [2.24, 2.45) is 0 Å². The van der Waals surface area contributed by atoms with Crippen LogP contribution >= 0.6 is 0 Å². The number of rotatable bonds is 6. The van der Waals surface area contributed by atoms with Crippen LogP contribution in [0.2, 0.25) is 0 Å². The van der Waals surface area contributed by atoms with Crippen molar-refractivity contribution in [3.63, 3.8) is 0 Å². The molecule has 0 radical (unpaired) electrons. The molecule has 0 unspecified atom stereocenters. The Labute approximate surface area is 167 Å². The maximum atomic E-state index is 13.7. The minimum atomic E-state index is -1.62. The van der Waals surface area contributed by atoms with E-state index in [9.17, 15) is 33.4 Å². The van der Waals surface area contributed by atoms with Crippen LogP contribution in [0.15, 0.2) is 47.3 Å². The zero-order valence-electron chi connectivity index (χ0n) is 15.1. The summed E-state index contributed by atoms with van der Waals surface area (Å²) in [6.45, 7) is -0.143. The topological polar surface area (TPSA) is 143 Å². The monoisotopic (exact) mass is 416 g/mol. The highest BCUT2D eigenvalue weighted by atomic mass is 19.2. The van der Waals surface area contributed by atoms with Gasteiger partial charge in [-0.1, -0.05) is 30.3 Å². The number of H-pyrrole nitrogens is 1. The molecule has 2 aromatic carbocycles. The van der Waals surface area contributed by atoms with Crippen molar-refractivity contribution in [2.75, 3.05) is 5.73 Å². The van der Waals surface area contributed by atoms with Gasteiger partial charge < -0.3 is 25.7 Å². The molecule has 0 bridgehead atoms. The highest BCUT2D eigenvalue weighted by molar-refractivity contribution is 6.07. The molecule has 30 heavy (non-hydrogen) atoms. The summed E-state index contributed by atoms with van der Waals surface area (Å²) in [5.74, 6) is -6.11. The predicted molar refractivity (Wildman–Crippen MR) is 102 cm³/mol. The van der Waals surface area contributed by atoms with E-state index >= 15 is 0 Å².